The Bertz CT molecular complexity index is 1330. The van der Waals surface area contributed by atoms with Gasteiger partial charge in [-0.2, -0.15) is 4.98 Å². The third-order valence-electron chi connectivity index (χ3n) is 4.43. The first-order valence-electron chi connectivity index (χ1n) is 8.92. The van der Waals surface area contributed by atoms with Gasteiger partial charge in [-0.05, 0) is 36.4 Å². The highest BCUT2D eigenvalue weighted by Crippen LogP contribution is 2.32. The fourth-order valence-corrected chi connectivity index (χ4v) is 3.05. The lowest BCUT2D eigenvalue weighted by molar-refractivity contribution is 0.430. The van der Waals surface area contributed by atoms with Crippen molar-refractivity contribution in [2.24, 2.45) is 0 Å². The van der Waals surface area contributed by atoms with E-state index in [1.807, 2.05) is 0 Å². The molecule has 0 atom stereocenters. The molecule has 0 amide bonds. The molecular weight excluding hydrogens is 390 g/mol. The van der Waals surface area contributed by atoms with E-state index in [0.29, 0.717) is 11.3 Å². The van der Waals surface area contributed by atoms with Crippen LogP contribution in [0.2, 0.25) is 0 Å². The number of nitrogens with zero attached hydrogens (tertiary/aromatic N) is 6. The number of para-hydroxylation sites is 1. The van der Waals surface area contributed by atoms with Crippen molar-refractivity contribution >= 4 is 0 Å². The highest BCUT2D eigenvalue weighted by Gasteiger charge is 2.24. The molecule has 0 spiro atoms. The van der Waals surface area contributed by atoms with E-state index in [2.05, 4.69) is 25.4 Å². The van der Waals surface area contributed by atoms with E-state index in [4.69, 9.17) is 4.52 Å². The van der Waals surface area contributed by atoms with Gasteiger partial charge in [-0.25, -0.2) is 13.5 Å². The summed E-state index contributed by atoms with van der Waals surface area (Å²) >= 11 is 0. The first kappa shape index (κ1) is 17.8. The van der Waals surface area contributed by atoms with Crippen molar-refractivity contribution in [1.82, 2.24) is 30.1 Å². The topological polar surface area (TPSA) is 82.5 Å². The van der Waals surface area contributed by atoms with E-state index in [1.165, 1.54) is 16.8 Å². The second kappa shape index (κ2) is 7.28. The molecule has 0 bridgehead atoms. The molecule has 30 heavy (non-hydrogen) atoms. The van der Waals surface area contributed by atoms with Gasteiger partial charge in [0.25, 0.3) is 5.89 Å². The van der Waals surface area contributed by atoms with Crippen LogP contribution in [0.1, 0.15) is 0 Å². The fourth-order valence-electron chi connectivity index (χ4n) is 3.05. The summed E-state index contributed by atoms with van der Waals surface area (Å²) in [6.07, 6.45) is 3.21. The standard InChI is InChI=1S/C21H12F2N6O/c22-15-8-2-1-7-14(15)20-25-21(30-27-20)18-19(13-6-5-11-24-12-13)29(28-26-18)17-10-4-3-9-16(17)23/h1-12H. The van der Waals surface area contributed by atoms with Gasteiger partial charge in [0, 0.05) is 18.0 Å². The molecule has 9 heteroatoms. The molecule has 2 aromatic carbocycles. The Balaban J connectivity index is 1.69. The minimum atomic E-state index is -0.479. The average molecular weight is 402 g/mol. The summed E-state index contributed by atoms with van der Waals surface area (Å²) in [6, 6.07) is 15.8. The number of hydrogen-bond donors (Lipinski definition) is 0. The van der Waals surface area contributed by atoms with Crippen molar-refractivity contribution in [3.8, 4) is 39.9 Å². The fraction of sp³-hybridized carbons (Fsp3) is 0. The number of rotatable bonds is 4. The third-order valence-corrected chi connectivity index (χ3v) is 4.43. The zero-order valence-corrected chi connectivity index (χ0v) is 15.3. The second-order valence-electron chi connectivity index (χ2n) is 6.29. The summed E-state index contributed by atoms with van der Waals surface area (Å²) in [7, 11) is 0. The Kier molecular flexibility index (Phi) is 4.32. The number of pyridine rings is 1. The van der Waals surface area contributed by atoms with Gasteiger partial charge in [-0.15, -0.1) is 5.10 Å². The highest BCUT2D eigenvalue weighted by atomic mass is 19.1. The van der Waals surface area contributed by atoms with Gasteiger partial charge in [0.2, 0.25) is 5.82 Å². The van der Waals surface area contributed by atoms with Crippen LogP contribution in [0.3, 0.4) is 0 Å². The molecular formula is C21H12F2N6O. The predicted molar refractivity (Wildman–Crippen MR) is 103 cm³/mol. The third kappa shape index (κ3) is 3.02. The number of halogens is 2. The first-order valence-corrected chi connectivity index (χ1v) is 8.92. The van der Waals surface area contributed by atoms with Crippen LogP contribution in [-0.2, 0) is 0 Å². The number of hydrogen-bond acceptors (Lipinski definition) is 6. The van der Waals surface area contributed by atoms with E-state index in [1.54, 1.807) is 60.9 Å². The van der Waals surface area contributed by atoms with Gasteiger partial charge < -0.3 is 4.52 Å². The van der Waals surface area contributed by atoms with Crippen LogP contribution in [0.5, 0.6) is 0 Å². The second-order valence-corrected chi connectivity index (χ2v) is 6.29. The largest absolute Gasteiger partial charge is 0.332 e. The van der Waals surface area contributed by atoms with Gasteiger partial charge in [0.15, 0.2) is 5.69 Å². The maximum atomic E-state index is 14.5. The maximum absolute atomic E-state index is 14.5. The molecule has 0 unspecified atom stereocenters. The minimum Gasteiger partial charge on any atom is -0.332 e. The molecule has 3 heterocycles. The molecule has 0 aliphatic carbocycles. The van der Waals surface area contributed by atoms with Crippen molar-refractivity contribution in [3.63, 3.8) is 0 Å². The molecule has 0 aliphatic heterocycles. The smallest absolute Gasteiger partial charge is 0.281 e. The SMILES string of the molecule is Fc1ccccc1-c1noc(-c2nnn(-c3ccccc3F)c2-c2cccnc2)n1. The minimum absolute atomic E-state index is 0.0229. The summed E-state index contributed by atoms with van der Waals surface area (Å²) in [4.78, 5) is 8.40. The Hall–Kier alpha value is -4.27. The highest BCUT2D eigenvalue weighted by molar-refractivity contribution is 5.75. The molecule has 0 saturated heterocycles. The Morgan fingerprint density at radius 1 is 0.867 bits per heavy atom. The van der Waals surface area contributed by atoms with E-state index in [0.717, 1.165) is 0 Å². The normalized spacial score (nSPS) is 11.0. The van der Waals surface area contributed by atoms with Gasteiger partial charge in [-0.3, -0.25) is 4.98 Å². The van der Waals surface area contributed by atoms with Gasteiger partial charge in [0.05, 0.1) is 5.56 Å². The quantitative estimate of drug-likeness (QED) is 0.445. The monoisotopic (exact) mass is 402 g/mol. The molecule has 0 N–H and O–H groups in total. The summed E-state index contributed by atoms with van der Waals surface area (Å²) in [5.74, 6) is -0.862. The summed E-state index contributed by atoms with van der Waals surface area (Å²) < 4.78 is 35.2. The summed E-state index contributed by atoms with van der Waals surface area (Å²) in [5, 5.41) is 12.1. The number of benzene rings is 2. The van der Waals surface area contributed by atoms with E-state index in [-0.39, 0.29) is 28.7 Å². The van der Waals surface area contributed by atoms with Crippen LogP contribution < -0.4 is 0 Å². The predicted octanol–water partition coefficient (Wildman–Crippen LogP) is 4.32. The van der Waals surface area contributed by atoms with Crippen molar-refractivity contribution in [3.05, 3.63) is 84.7 Å². The van der Waals surface area contributed by atoms with Gasteiger partial charge in [-0.1, -0.05) is 34.6 Å². The van der Waals surface area contributed by atoms with Gasteiger partial charge >= 0.3 is 0 Å². The molecule has 0 radical (unpaired) electrons. The first-order chi connectivity index (χ1) is 14.7. The van der Waals surface area contributed by atoms with E-state index in [9.17, 15) is 8.78 Å². The van der Waals surface area contributed by atoms with Gasteiger partial charge in [0.1, 0.15) is 23.0 Å². The Morgan fingerprint density at radius 3 is 2.43 bits per heavy atom. The van der Waals surface area contributed by atoms with Crippen molar-refractivity contribution < 1.29 is 13.3 Å². The molecule has 7 nitrogen and oxygen atoms in total. The van der Waals surface area contributed by atoms with Crippen LogP contribution in [0.4, 0.5) is 8.78 Å². The van der Waals surface area contributed by atoms with Crippen molar-refractivity contribution in [1.29, 1.82) is 0 Å². The van der Waals surface area contributed by atoms with Crippen molar-refractivity contribution in [2.75, 3.05) is 0 Å². The summed E-state index contributed by atoms with van der Waals surface area (Å²) in [6.45, 7) is 0. The van der Waals surface area contributed by atoms with Crippen LogP contribution in [0, 0.1) is 11.6 Å². The lowest BCUT2D eigenvalue weighted by Crippen LogP contribution is -2.02. The maximum Gasteiger partial charge on any atom is 0.281 e. The lowest BCUT2D eigenvalue weighted by Gasteiger charge is -2.07. The molecule has 0 saturated carbocycles. The number of aromatic nitrogens is 6. The van der Waals surface area contributed by atoms with Crippen molar-refractivity contribution in [2.45, 2.75) is 0 Å². The van der Waals surface area contributed by atoms with E-state index >= 15 is 0 Å². The Morgan fingerprint density at radius 2 is 1.67 bits per heavy atom. The summed E-state index contributed by atoms with van der Waals surface area (Å²) in [5.41, 5.74) is 1.64. The average Bonchev–Trinajstić information content (AvgIpc) is 3.42. The molecule has 5 rings (SSSR count). The molecule has 3 aromatic heterocycles. The van der Waals surface area contributed by atoms with E-state index < -0.39 is 11.6 Å². The van der Waals surface area contributed by atoms with Crippen LogP contribution in [0.25, 0.3) is 39.9 Å². The van der Waals surface area contributed by atoms with Crippen LogP contribution in [0.15, 0.2) is 77.6 Å². The zero-order valence-electron chi connectivity index (χ0n) is 15.3. The molecule has 146 valence electrons. The molecule has 0 fully saturated rings. The lowest BCUT2D eigenvalue weighted by atomic mass is 10.1. The molecule has 0 aliphatic rings. The Labute approximate surface area is 168 Å². The van der Waals surface area contributed by atoms with Crippen LogP contribution >= 0.6 is 0 Å². The zero-order chi connectivity index (χ0) is 20.5. The molecule has 5 aromatic rings. The van der Waals surface area contributed by atoms with Crippen LogP contribution in [-0.4, -0.2) is 30.1 Å².